The fourth-order valence-corrected chi connectivity index (χ4v) is 1.63. The van der Waals surface area contributed by atoms with Crippen molar-refractivity contribution in [2.45, 2.75) is 13.8 Å². The largest absolute Gasteiger partial charge is 0.462 e. The molecule has 0 spiro atoms. The summed E-state index contributed by atoms with van der Waals surface area (Å²) in [5.41, 5.74) is 0.447. The summed E-state index contributed by atoms with van der Waals surface area (Å²) in [4.78, 5) is 23.8. The summed E-state index contributed by atoms with van der Waals surface area (Å²) in [7, 11) is 0. The summed E-state index contributed by atoms with van der Waals surface area (Å²) in [5.74, 6) is -1.19. The van der Waals surface area contributed by atoms with E-state index < -0.39 is 11.9 Å². The zero-order valence-electron chi connectivity index (χ0n) is 12.8. The zero-order valence-corrected chi connectivity index (χ0v) is 12.8. The maximum absolute atomic E-state index is 12.0. The molecule has 1 rings (SSSR count). The first-order valence-corrected chi connectivity index (χ1v) is 6.82. The molecule has 0 atom stereocenters. The van der Waals surface area contributed by atoms with Gasteiger partial charge in [-0.1, -0.05) is 0 Å². The average Bonchev–Trinajstić information content (AvgIpc) is 2.56. The number of hydrogen-bond acceptors (Lipinski definition) is 7. The van der Waals surface area contributed by atoms with Gasteiger partial charge in [-0.25, -0.2) is 9.59 Å². The molecule has 0 saturated carbocycles. The third-order valence-corrected chi connectivity index (χ3v) is 2.64. The van der Waals surface area contributed by atoms with Crippen molar-refractivity contribution in [2.75, 3.05) is 18.5 Å². The van der Waals surface area contributed by atoms with E-state index in [-0.39, 0.29) is 29.9 Å². The predicted octanol–water partition coefficient (Wildman–Crippen LogP) is 2.38. The van der Waals surface area contributed by atoms with E-state index in [1.165, 1.54) is 24.4 Å². The van der Waals surface area contributed by atoms with Crippen LogP contribution in [0.3, 0.4) is 0 Å². The summed E-state index contributed by atoms with van der Waals surface area (Å²) in [6, 6.07) is 7.66. The number of ether oxygens (including phenoxy) is 2. The molecule has 0 aliphatic heterocycles. The van der Waals surface area contributed by atoms with Crippen molar-refractivity contribution < 1.29 is 19.1 Å². The van der Waals surface area contributed by atoms with Gasteiger partial charge in [0.2, 0.25) is 0 Å². The minimum Gasteiger partial charge on any atom is -0.462 e. The van der Waals surface area contributed by atoms with Crippen molar-refractivity contribution in [3.63, 3.8) is 0 Å². The van der Waals surface area contributed by atoms with Crippen molar-refractivity contribution >= 4 is 17.6 Å². The standard InChI is InChI=1S/C16H15N3O4/c1-3-22-15(20)12-5-6-14(19-10-11(8-17)9-18)13(7-12)16(21)23-4-2/h5-7,10,19H,3-4H2,1-2H3. The number of esters is 2. The van der Waals surface area contributed by atoms with Gasteiger partial charge < -0.3 is 14.8 Å². The molecule has 0 fully saturated rings. The van der Waals surface area contributed by atoms with E-state index in [2.05, 4.69) is 5.32 Å². The molecule has 0 unspecified atom stereocenters. The number of carbonyl (C=O) groups is 2. The lowest BCUT2D eigenvalue weighted by atomic mass is 10.1. The van der Waals surface area contributed by atoms with Crippen molar-refractivity contribution in [2.24, 2.45) is 0 Å². The van der Waals surface area contributed by atoms with E-state index in [0.29, 0.717) is 5.69 Å². The third kappa shape index (κ3) is 4.87. The molecule has 0 aromatic heterocycles. The Kier molecular flexibility index (Phi) is 6.83. The highest BCUT2D eigenvalue weighted by Gasteiger charge is 2.16. The monoisotopic (exact) mass is 313 g/mol. The topological polar surface area (TPSA) is 112 Å². The molecule has 23 heavy (non-hydrogen) atoms. The lowest BCUT2D eigenvalue weighted by molar-refractivity contribution is 0.0526. The van der Waals surface area contributed by atoms with Gasteiger partial charge in [-0.3, -0.25) is 0 Å². The van der Waals surface area contributed by atoms with Crippen LogP contribution >= 0.6 is 0 Å². The van der Waals surface area contributed by atoms with Gasteiger partial charge in [-0.2, -0.15) is 10.5 Å². The van der Waals surface area contributed by atoms with Gasteiger partial charge in [0.15, 0.2) is 0 Å². The Morgan fingerprint density at radius 2 is 1.74 bits per heavy atom. The molecule has 0 bridgehead atoms. The number of benzene rings is 1. The molecule has 0 aliphatic rings. The summed E-state index contributed by atoms with van der Waals surface area (Å²) >= 11 is 0. The van der Waals surface area contributed by atoms with Crippen LogP contribution in [0.5, 0.6) is 0 Å². The highest BCUT2D eigenvalue weighted by Crippen LogP contribution is 2.20. The summed E-state index contributed by atoms with van der Waals surface area (Å²) in [6.45, 7) is 3.71. The quantitative estimate of drug-likeness (QED) is 0.633. The molecule has 1 aromatic rings. The van der Waals surface area contributed by atoms with Gasteiger partial charge in [-0.15, -0.1) is 0 Å². The molecule has 0 aliphatic carbocycles. The van der Waals surface area contributed by atoms with E-state index in [1.807, 2.05) is 0 Å². The lowest BCUT2D eigenvalue weighted by Crippen LogP contribution is -2.11. The van der Waals surface area contributed by atoms with E-state index in [4.69, 9.17) is 20.0 Å². The minimum absolute atomic E-state index is 0.101. The van der Waals surface area contributed by atoms with Gasteiger partial charge in [-0.05, 0) is 32.0 Å². The van der Waals surface area contributed by atoms with Crippen molar-refractivity contribution in [3.05, 3.63) is 41.1 Å². The summed E-state index contributed by atoms with van der Waals surface area (Å²) in [5, 5.41) is 20.1. The van der Waals surface area contributed by atoms with Gasteiger partial charge in [0.1, 0.15) is 17.7 Å². The molecule has 0 heterocycles. The van der Waals surface area contributed by atoms with Crippen LogP contribution in [-0.4, -0.2) is 25.2 Å². The highest BCUT2D eigenvalue weighted by atomic mass is 16.5. The maximum atomic E-state index is 12.0. The maximum Gasteiger partial charge on any atom is 0.340 e. The first-order valence-electron chi connectivity index (χ1n) is 6.82. The Morgan fingerprint density at radius 3 is 2.30 bits per heavy atom. The molecule has 1 N–H and O–H groups in total. The van der Waals surface area contributed by atoms with Crippen LogP contribution in [0, 0.1) is 22.7 Å². The molecule has 0 radical (unpaired) electrons. The molecule has 7 nitrogen and oxygen atoms in total. The SMILES string of the molecule is CCOC(=O)c1ccc(NC=C(C#N)C#N)c(C(=O)OCC)c1. The number of hydrogen-bond donors (Lipinski definition) is 1. The third-order valence-electron chi connectivity index (χ3n) is 2.64. The number of allylic oxidation sites excluding steroid dienone is 1. The first kappa shape index (κ1) is 17.7. The van der Waals surface area contributed by atoms with Crippen LogP contribution in [-0.2, 0) is 9.47 Å². The van der Waals surface area contributed by atoms with Gasteiger partial charge in [0.05, 0.1) is 30.0 Å². The Hall–Kier alpha value is -3.32. The molecule has 7 heteroatoms. The smallest absolute Gasteiger partial charge is 0.340 e. The second-order valence-electron chi connectivity index (χ2n) is 4.13. The fraction of sp³-hybridized carbons (Fsp3) is 0.250. The number of carbonyl (C=O) groups excluding carboxylic acids is 2. The first-order chi connectivity index (χ1) is 11.1. The number of rotatable bonds is 6. The normalized spacial score (nSPS) is 9.04. The van der Waals surface area contributed by atoms with Crippen molar-refractivity contribution in [1.82, 2.24) is 0 Å². The molecular formula is C16H15N3O4. The van der Waals surface area contributed by atoms with Crippen LogP contribution in [0.4, 0.5) is 5.69 Å². The van der Waals surface area contributed by atoms with Crippen LogP contribution in [0.15, 0.2) is 30.0 Å². The minimum atomic E-state index is -0.634. The van der Waals surface area contributed by atoms with Gasteiger partial charge in [0.25, 0.3) is 0 Å². The van der Waals surface area contributed by atoms with Crippen LogP contribution in [0.1, 0.15) is 34.6 Å². The van der Waals surface area contributed by atoms with Crippen molar-refractivity contribution in [1.29, 1.82) is 10.5 Å². The van der Waals surface area contributed by atoms with Crippen LogP contribution < -0.4 is 5.32 Å². The second-order valence-corrected chi connectivity index (χ2v) is 4.13. The molecule has 118 valence electrons. The highest BCUT2D eigenvalue weighted by molar-refractivity contribution is 5.99. The fourth-order valence-electron chi connectivity index (χ4n) is 1.63. The molecule has 0 amide bonds. The molecule has 0 saturated heterocycles. The predicted molar refractivity (Wildman–Crippen MR) is 81.3 cm³/mol. The molecule has 1 aromatic carbocycles. The Balaban J connectivity index is 3.22. The van der Waals surface area contributed by atoms with Crippen LogP contribution in [0.25, 0.3) is 0 Å². The Morgan fingerprint density at radius 1 is 1.13 bits per heavy atom. The second kappa shape index (κ2) is 8.85. The van der Waals surface area contributed by atoms with Crippen LogP contribution in [0.2, 0.25) is 0 Å². The molecular weight excluding hydrogens is 298 g/mol. The Bertz CT molecular complexity index is 695. The van der Waals surface area contributed by atoms with E-state index in [0.717, 1.165) is 0 Å². The van der Waals surface area contributed by atoms with E-state index >= 15 is 0 Å². The van der Waals surface area contributed by atoms with Gasteiger partial charge >= 0.3 is 11.9 Å². The number of nitriles is 2. The van der Waals surface area contributed by atoms with E-state index in [9.17, 15) is 9.59 Å². The average molecular weight is 313 g/mol. The van der Waals surface area contributed by atoms with Gasteiger partial charge in [0, 0.05) is 6.20 Å². The number of nitrogens with one attached hydrogen (secondary N) is 1. The number of nitrogens with zero attached hydrogens (tertiary/aromatic N) is 2. The number of anilines is 1. The Labute approximate surface area is 133 Å². The summed E-state index contributed by atoms with van der Waals surface area (Å²) < 4.78 is 9.83. The lowest BCUT2D eigenvalue weighted by Gasteiger charge is -2.10. The van der Waals surface area contributed by atoms with Crippen molar-refractivity contribution in [3.8, 4) is 12.1 Å². The summed E-state index contributed by atoms with van der Waals surface area (Å²) in [6.07, 6.45) is 1.17. The van der Waals surface area contributed by atoms with E-state index in [1.54, 1.807) is 26.0 Å². The zero-order chi connectivity index (χ0) is 17.2.